The monoisotopic (exact) mass is 533 g/mol. The van der Waals surface area contributed by atoms with E-state index in [2.05, 4.69) is 17.1 Å². The van der Waals surface area contributed by atoms with Crippen LogP contribution in [0.2, 0.25) is 0 Å². The van der Waals surface area contributed by atoms with Gasteiger partial charge in [-0.1, -0.05) is 32.9 Å². The Labute approximate surface area is 227 Å². The van der Waals surface area contributed by atoms with Crippen LogP contribution < -0.4 is 11.1 Å². The summed E-state index contributed by atoms with van der Waals surface area (Å²) < 4.78 is 0. The van der Waals surface area contributed by atoms with E-state index in [0.29, 0.717) is 25.4 Å². The highest BCUT2D eigenvalue weighted by molar-refractivity contribution is 7.09. The van der Waals surface area contributed by atoms with Crippen LogP contribution in [0.15, 0.2) is 29.7 Å². The lowest BCUT2D eigenvalue weighted by molar-refractivity contribution is -0.141. The molecule has 0 aliphatic carbocycles. The van der Waals surface area contributed by atoms with Gasteiger partial charge in [-0.3, -0.25) is 14.4 Å². The van der Waals surface area contributed by atoms with Crippen molar-refractivity contribution in [2.75, 3.05) is 40.3 Å². The van der Waals surface area contributed by atoms with Crippen molar-refractivity contribution in [1.29, 1.82) is 0 Å². The molecule has 1 aliphatic heterocycles. The normalized spacial score (nSPS) is 17.2. The summed E-state index contributed by atoms with van der Waals surface area (Å²) in [6, 6.07) is 3.79. The first-order valence-electron chi connectivity index (χ1n) is 13.6. The van der Waals surface area contributed by atoms with E-state index in [9.17, 15) is 14.4 Å². The molecule has 8 nitrogen and oxygen atoms in total. The first-order valence-corrected chi connectivity index (χ1v) is 14.5. The van der Waals surface area contributed by atoms with E-state index in [1.54, 1.807) is 31.5 Å². The van der Waals surface area contributed by atoms with Crippen LogP contribution in [0, 0.1) is 0 Å². The van der Waals surface area contributed by atoms with Crippen LogP contribution in [0.1, 0.15) is 64.2 Å². The van der Waals surface area contributed by atoms with Crippen LogP contribution in [0.5, 0.6) is 0 Å². The standard InChI is InChI=1S/C28H47N5O3S/c1-6-28(29,7-2)16-9-14-25(34)31(4)21-26(35)32(5)24(20-23-13-11-19-37-23)27(36)30-17-15-22-12-10-18-33(22)8-3/h9,11,13-14,19,22,24H,6-8,10,12,15-18,20-21,29H2,1-5H3,(H,30,36)/b14-9+. The summed E-state index contributed by atoms with van der Waals surface area (Å²) in [4.78, 5) is 45.3. The van der Waals surface area contributed by atoms with Crippen molar-refractivity contribution < 1.29 is 14.4 Å². The van der Waals surface area contributed by atoms with Crippen LogP contribution in [0.3, 0.4) is 0 Å². The van der Waals surface area contributed by atoms with Gasteiger partial charge < -0.3 is 25.8 Å². The van der Waals surface area contributed by atoms with Gasteiger partial charge in [0.05, 0.1) is 6.54 Å². The van der Waals surface area contributed by atoms with Crippen molar-refractivity contribution in [3.05, 3.63) is 34.5 Å². The van der Waals surface area contributed by atoms with Gasteiger partial charge in [0.2, 0.25) is 17.7 Å². The highest BCUT2D eigenvalue weighted by Gasteiger charge is 2.29. The molecular weight excluding hydrogens is 486 g/mol. The highest BCUT2D eigenvalue weighted by atomic mass is 32.1. The number of likely N-dealkylation sites (N-methyl/N-ethyl adjacent to an activating group) is 2. The fraction of sp³-hybridized carbons (Fsp3) is 0.679. The predicted molar refractivity (Wildman–Crippen MR) is 151 cm³/mol. The molecule has 2 atom stereocenters. The fourth-order valence-electron chi connectivity index (χ4n) is 4.77. The van der Waals surface area contributed by atoms with Crippen molar-refractivity contribution in [2.24, 2.45) is 5.73 Å². The Kier molecular flexibility index (Phi) is 12.8. The minimum atomic E-state index is -0.636. The third kappa shape index (κ3) is 9.54. The van der Waals surface area contributed by atoms with Crippen LogP contribution in [-0.4, -0.2) is 90.3 Å². The lowest BCUT2D eigenvalue weighted by Gasteiger charge is -2.29. The quantitative estimate of drug-likeness (QED) is 0.338. The number of nitrogens with two attached hydrogens (primary N) is 1. The van der Waals surface area contributed by atoms with Crippen LogP contribution in [0.4, 0.5) is 0 Å². The molecule has 1 aliphatic rings. The van der Waals surface area contributed by atoms with Gasteiger partial charge in [-0.15, -0.1) is 11.3 Å². The summed E-state index contributed by atoms with van der Waals surface area (Å²) in [5.74, 6) is -0.686. The molecule has 0 spiro atoms. The maximum atomic E-state index is 13.2. The van der Waals surface area contributed by atoms with Gasteiger partial charge in [-0.05, 0) is 69.1 Å². The van der Waals surface area contributed by atoms with Crippen LogP contribution in [-0.2, 0) is 20.8 Å². The first-order chi connectivity index (χ1) is 17.6. The zero-order valence-corrected chi connectivity index (χ0v) is 24.2. The van der Waals surface area contributed by atoms with Gasteiger partial charge in [0.1, 0.15) is 6.04 Å². The third-order valence-corrected chi connectivity index (χ3v) is 8.66. The van der Waals surface area contributed by atoms with Crippen molar-refractivity contribution in [3.8, 4) is 0 Å². The molecule has 1 fully saturated rings. The lowest BCUT2D eigenvalue weighted by Crippen LogP contribution is -2.51. The zero-order chi connectivity index (χ0) is 27.4. The number of hydrogen-bond acceptors (Lipinski definition) is 6. The molecule has 1 aromatic heterocycles. The smallest absolute Gasteiger partial charge is 0.246 e. The second kappa shape index (κ2) is 15.2. The van der Waals surface area contributed by atoms with Crippen molar-refractivity contribution in [3.63, 3.8) is 0 Å². The molecule has 208 valence electrons. The van der Waals surface area contributed by atoms with Crippen LogP contribution in [0.25, 0.3) is 0 Å². The molecular formula is C28H47N5O3S. The van der Waals surface area contributed by atoms with Gasteiger partial charge in [0.15, 0.2) is 0 Å². The van der Waals surface area contributed by atoms with Gasteiger partial charge in [0, 0.05) is 43.5 Å². The zero-order valence-electron chi connectivity index (χ0n) is 23.4. The van der Waals surface area contributed by atoms with E-state index in [0.717, 1.165) is 37.2 Å². The molecule has 9 heteroatoms. The number of rotatable bonds is 15. The number of carbonyl (C=O) groups is 3. The van der Waals surface area contributed by atoms with Crippen molar-refractivity contribution >= 4 is 29.1 Å². The number of hydrogen-bond donors (Lipinski definition) is 2. The van der Waals surface area contributed by atoms with Crippen LogP contribution >= 0.6 is 11.3 Å². The van der Waals surface area contributed by atoms with Crippen molar-refractivity contribution in [1.82, 2.24) is 20.0 Å². The molecule has 1 aromatic rings. The van der Waals surface area contributed by atoms with Gasteiger partial charge in [-0.2, -0.15) is 0 Å². The molecule has 0 radical (unpaired) electrons. The molecule has 37 heavy (non-hydrogen) atoms. The molecule has 0 saturated carbocycles. The largest absolute Gasteiger partial charge is 0.354 e. The van der Waals surface area contributed by atoms with Gasteiger partial charge in [0.25, 0.3) is 0 Å². The Morgan fingerprint density at radius 3 is 2.62 bits per heavy atom. The Morgan fingerprint density at radius 1 is 1.27 bits per heavy atom. The predicted octanol–water partition coefficient (Wildman–Crippen LogP) is 3.03. The van der Waals surface area contributed by atoms with Gasteiger partial charge >= 0.3 is 0 Å². The van der Waals surface area contributed by atoms with E-state index in [1.165, 1.54) is 28.7 Å². The second-order valence-corrected chi connectivity index (χ2v) is 11.2. The number of nitrogens with zero attached hydrogens (tertiary/aromatic N) is 3. The molecule has 3 amide bonds. The molecule has 1 saturated heterocycles. The summed E-state index contributed by atoms with van der Waals surface area (Å²) in [6.45, 7) is 8.89. The second-order valence-electron chi connectivity index (χ2n) is 10.2. The fourth-order valence-corrected chi connectivity index (χ4v) is 5.51. The Hall–Kier alpha value is -2.23. The summed E-state index contributed by atoms with van der Waals surface area (Å²) >= 11 is 1.57. The van der Waals surface area contributed by atoms with Crippen molar-refractivity contribution in [2.45, 2.75) is 83.3 Å². The van der Waals surface area contributed by atoms with E-state index < -0.39 is 6.04 Å². The summed E-state index contributed by atoms with van der Waals surface area (Å²) in [7, 11) is 3.25. The Balaban J connectivity index is 1.96. The number of thiophene rings is 1. The topological polar surface area (TPSA) is 99.0 Å². The average Bonchev–Trinajstić information content (AvgIpc) is 3.58. The van der Waals surface area contributed by atoms with E-state index in [1.807, 2.05) is 31.4 Å². The molecule has 3 N–H and O–H groups in total. The summed E-state index contributed by atoms with van der Waals surface area (Å²) in [5, 5.41) is 5.04. The maximum absolute atomic E-state index is 13.2. The molecule has 2 heterocycles. The lowest BCUT2D eigenvalue weighted by atomic mass is 9.90. The number of likely N-dealkylation sites (tertiary alicyclic amines) is 1. The molecule has 0 aromatic carbocycles. The maximum Gasteiger partial charge on any atom is 0.246 e. The van der Waals surface area contributed by atoms with E-state index in [-0.39, 0.29) is 29.8 Å². The summed E-state index contributed by atoms with van der Waals surface area (Å²) in [5.41, 5.74) is 5.98. The first kappa shape index (κ1) is 31.0. The minimum Gasteiger partial charge on any atom is -0.354 e. The number of carbonyl (C=O) groups excluding carboxylic acids is 3. The highest BCUT2D eigenvalue weighted by Crippen LogP contribution is 2.19. The number of amides is 3. The SMILES string of the molecule is CCN1CCCC1CCNC(=O)C(Cc1cccs1)N(C)C(=O)CN(C)C(=O)/C=C/CC(N)(CC)CC. The molecule has 2 unspecified atom stereocenters. The average molecular weight is 534 g/mol. The third-order valence-electron chi connectivity index (χ3n) is 7.76. The minimum absolute atomic E-state index is 0.100. The molecule has 2 rings (SSSR count). The Morgan fingerprint density at radius 2 is 2.00 bits per heavy atom. The molecule has 0 bridgehead atoms. The number of nitrogens with one attached hydrogen (secondary N) is 1. The van der Waals surface area contributed by atoms with E-state index >= 15 is 0 Å². The summed E-state index contributed by atoms with van der Waals surface area (Å²) in [6.07, 6.45) is 9.25. The van der Waals surface area contributed by atoms with E-state index in [4.69, 9.17) is 5.73 Å². The Bertz CT molecular complexity index is 884. The van der Waals surface area contributed by atoms with Gasteiger partial charge in [-0.25, -0.2) is 0 Å².